The summed E-state index contributed by atoms with van der Waals surface area (Å²) in [5.41, 5.74) is -2.04. The molecule has 1 saturated heterocycles. The van der Waals surface area contributed by atoms with E-state index in [0.717, 1.165) is 17.2 Å². The van der Waals surface area contributed by atoms with Gasteiger partial charge in [0.25, 0.3) is 0 Å². The van der Waals surface area contributed by atoms with E-state index < -0.39 is 41.7 Å². The van der Waals surface area contributed by atoms with Gasteiger partial charge in [-0.15, -0.1) is 0 Å². The molecule has 1 aromatic carbocycles. The molecule has 0 aliphatic carbocycles. The van der Waals surface area contributed by atoms with Crippen LogP contribution >= 0.6 is 11.6 Å². The van der Waals surface area contributed by atoms with Crippen molar-refractivity contribution >= 4 is 29.4 Å². The molecule has 2 heterocycles. The third-order valence-electron chi connectivity index (χ3n) is 3.66. The van der Waals surface area contributed by atoms with E-state index in [4.69, 9.17) is 16.3 Å². The fraction of sp³-hybridized carbons (Fsp3) is 0.188. The molecule has 0 bridgehead atoms. The lowest BCUT2D eigenvalue weighted by Gasteiger charge is -2.16. The largest absolute Gasteiger partial charge is 0.487 e. The molecule has 0 unspecified atom stereocenters. The molecule has 1 fully saturated rings. The highest BCUT2D eigenvalue weighted by molar-refractivity contribution is 6.31. The van der Waals surface area contributed by atoms with Gasteiger partial charge < -0.3 is 4.74 Å². The van der Waals surface area contributed by atoms with Gasteiger partial charge in [0.05, 0.1) is 11.8 Å². The van der Waals surface area contributed by atoms with Crippen LogP contribution in [0.1, 0.15) is 11.1 Å². The molecule has 1 aromatic heterocycles. The molecule has 11 heteroatoms. The third-order valence-corrected chi connectivity index (χ3v) is 4.02. The molecule has 6 nitrogen and oxygen atoms in total. The Bertz CT molecular complexity index is 903. The van der Waals surface area contributed by atoms with Crippen LogP contribution in [0.4, 0.5) is 28.2 Å². The van der Waals surface area contributed by atoms with Crippen molar-refractivity contribution in [2.24, 2.45) is 0 Å². The van der Waals surface area contributed by atoms with Gasteiger partial charge in [0.2, 0.25) is 5.91 Å². The van der Waals surface area contributed by atoms with Crippen LogP contribution in [-0.2, 0) is 17.6 Å². The van der Waals surface area contributed by atoms with Crippen LogP contribution in [0, 0.1) is 5.82 Å². The maximum absolute atomic E-state index is 13.6. The first-order valence-corrected chi connectivity index (χ1v) is 7.79. The zero-order valence-electron chi connectivity index (χ0n) is 13.3. The lowest BCUT2D eigenvalue weighted by molar-refractivity contribution is -0.141. The summed E-state index contributed by atoms with van der Waals surface area (Å²) in [6, 6.07) is 3.70. The number of hydrogen-bond acceptors (Lipinski definition) is 4. The van der Waals surface area contributed by atoms with Crippen molar-refractivity contribution in [1.29, 1.82) is 0 Å². The number of halogens is 5. The molecule has 3 rings (SSSR count). The molecule has 0 atom stereocenters. The van der Waals surface area contributed by atoms with Gasteiger partial charge in [-0.05, 0) is 24.3 Å². The van der Waals surface area contributed by atoms with Gasteiger partial charge in [0.15, 0.2) is 0 Å². The number of nitrogens with one attached hydrogen (secondary N) is 1. The zero-order chi connectivity index (χ0) is 19.8. The summed E-state index contributed by atoms with van der Waals surface area (Å²) in [7, 11) is 0. The molecular weight excluding hydrogens is 394 g/mol. The Hall–Kier alpha value is -2.88. The molecule has 1 N–H and O–H groups in total. The monoisotopic (exact) mass is 403 g/mol. The van der Waals surface area contributed by atoms with Crippen LogP contribution in [0.25, 0.3) is 0 Å². The number of alkyl halides is 3. The maximum Gasteiger partial charge on any atom is 0.419 e. The maximum atomic E-state index is 13.6. The average molecular weight is 404 g/mol. The number of carbonyl (C=O) groups excluding carboxylic acids is 2. The lowest BCUT2D eigenvalue weighted by atomic mass is 10.1. The molecule has 0 saturated carbocycles. The number of carbonyl (C=O) groups is 2. The third kappa shape index (κ3) is 3.95. The SMILES string of the molecule is O=C1CN(c2ccc(OCc3c(Cl)ccc(F)c3C(F)(F)F)cn2)C(=O)N1. The standard InChI is InChI=1S/C16H10ClF4N3O3/c17-10-2-3-11(18)14(16(19,20)21)9(10)7-27-8-1-4-12(22-5-8)24-6-13(25)23-15(24)26/h1-5H,6-7H2,(H,23,25,26). The van der Waals surface area contributed by atoms with E-state index in [1.54, 1.807) is 0 Å². The van der Waals surface area contributed by atoms with Gasteiger partial charge in [-0.1, -0.05) is 11.6 Å². The first-order valence-electron chi connectivity index (χ1n) is 7.41. The average Bonchev–Trinajstić information content (AvgIpc) is 2.93. The number of amides is 3. The summed E-state index contributed by atoms with van der Waals surface area (Å²) >= 11 is 5.77. The Morgan fingerprint density at radius 2 is 1.96 bits per heavy atom. The number of rotatable bonds is 4. The number of ether oxygens (including phenoxy) is 1. The van der Waals surface area contributed by atoms with Crippen molar-refractivity contribution < 1.29 is 31.9 Å². The Balaban J connectivity index is 1.77. The molecule has 0 radical (unpaired) electrons. The lowest BCUT2D eigenvalue weighted by Crippen LogP contribution is -2.28. The predicted molar refractivity (Wildman–Crippen MR) is 85.9 cm³/mol. The fourth-order valence-electron chi connectivity index (χ4n) is 2.44. The summed E-state index contributed by atoms with van der Waals surface area (Å²) in [6.07, 6.45) is -3.78. The van der Waals surface area contributed by atoms with Crippen molar-refractivity contribution in [3.8, 4) is 5.75 Å². The molecule has 1 aliphatic rings. The first kappa shape index (κ1) is 18.9. The highest BCUT2D eigenvalue weighted by atomic mass is 35.5. The predicted octanol–water partition coefficient (Wildman–Crippen LogP) is 3.53. The Kier molecular flexibility index (Phi) is 4.92. The van der Waals surface area contributed by atoms with Crippen LogP contribution in [0.2, 0.25) is 5.02 Å². The van der Waals surface area contributed by atoms with Gasteiger partial charge in [-0.25, -0.2) is 14.2 Å². The van der Waals surface area contributed by atoms with Crippen LogP contribution in [0.3, 0.4) is 0 Å². The smallest absolute Gasteiger partial charge is 0.419 e. The van der Waals surface area contributed by atoms with Crippen molar-refractivity contribution in [2.75, 3.05) is 11.4 Å². The first-order chi connectivity index (χ1) is 12.7. The highest BCUT2D eigenvalue weighted by Crippen LogP contribution is 2.37. The number of nitrogens with zero attached hydrogens (tertiary/aromatic N) is 2. The number of aromatic nitrogens is 1. The number of benzene rings is 1. The number of hydrogen-bond donors (Lipinski definition) is 1. The van der Waals surface area contributed by atoms with E-state index in [1.807, 2.05) is 0 Å². The minimum atomic E-state index is -4.94. The van der Waals surface area contributed by atoms with Crippen molar-refractivity contribution in [3.05, 3.63) is 52.4 Å². The van der Waals surface area contributed by atoms with Gasteiger partial charge in [0.1, 0.15) is 30.5 Å². The van der Waals surface area contributed by atoms with Crippen LogP contribution in [-0.4, -0.2) is 23.5 Å². The second-order valence-corrected chi connectivity index (χ2v) is 5.87. The zero-order valence-corrected chi connectivity index (χ0v) is 14.1. The quantitative estimate of drug-likeness (QED) is 0.626. The van der Waals surface area contributed by atoms with Crippen molar-refractivity contribution in [3.63, 3.8) is 0 Å². The van der Waals surface area contributed by atoms with Crippen LogP contribution < -0.4 is 15.0 Å². The summed E-state index contributed by atoms with van der Waals surface area (Å²) < 4.78 is 58.1. The van der Waals surface area contributed by atoms with Gasteiger partial charge in [-0.2, -0.15) is 13.2 Å². The molecule has 2 aromatic rings. The van der Waals surface area contributed by atoms with E-state index in [0.29, 0.717) is 6.07 Å². The second-order valence-electron chi connectivity index (χ2n) is 5.46. The summed E-state index contributed by atoms with van der Waals surface area (Å²) in [5, 5.41) is 1.79. The van der Waals surface area contributed by atoms with Gasteiger partial charge in [-0.3, -0.25) is 15.0 Å². The second kappa shape index (κ2) is 7.03. The van der Waals surface area contributed by atoms with E-state index in [-0.39, 0.29) is 23.1 Å². The fourth-order valence-corrected chi connectivity index (χ4v) is 2.65. The molecule has 3 amide bonds. The summed E-state index contributed by atoms with van der Waals surface area (Å²) in [4.78, 5) is 27.7. The Morgan fingerprint density at radius 3 is 2.52 bits per heavy atom. The molecule has 0 spiro atoms. The number of urea groups is 1. The Morgan fingerprint density at radius 1 is 1.22 bits per heavy atom. The molecule has 1 aliphatic heterocycles. The topological polar surface area (TPSA) is 71.5 Å². The van der Waals surface area contributed by atoms with Gasteiger partial charge in [0, 0.05) is 10.6 Å². The number of imide groups is 1. The van der Waals surface area contributed by atoms with Crippen LogP contribution in [0.5, 0.6) is 5.75 Å². The number of anilines is 1. The minimum Gasteiger partial charge on any atom is -0.487 e. The van der Waals surface area contributed by atoms with Gasteiger partial charge >= 0.3 is 12.2 Å². The van der Waals surface area contributed by atoms with Crippen LogP contribution in [0.15, 0.2) is 30.5 Å². The molecule has 142 valence electrons. The molecule has 27 heavy (non-hydrogen) atoms. The van der Waals surface area contributed by atoms with Crippen molar-refractivity contribution in [1.82, 2.24) is 10.3 Å². The number of pyridine rings is 1. The van der Waals surface area contributed by atoms with E-state index in [1.165, 1.54) is 12.1 Å². The summed E-state index contributed by atoms with van der Waals surface area (Å²) in [6.45, 7) is -0.838. The molecular formula is C16H10ClF4N3O3. The van der Waals surface area contributed by atoms with Crippen molar-refractivity contribution in [2.45, 2.75) is 12.8 Å². The van der Waals surface area contributed by atoms with E-state index in [2.05, 4.69) is 10.3 Å². The summed E-state index contributed by atoms with van der Waals surface area (Å²) in [5.74, 6) is -1.71. The van der Waals surface area contributed by atoms with E-state index in [9.17, 15) is 27.2 Å². The van der Waals surface area contributed by atoms with E-state index >= 15 is 0 Å². The Labute approximate surface area is 154 Å². The normalized spacial score (nSPS) is 14.5. The highest BCUT2D eigenvalue weighted by Gasteiger charge is 2.38. The minimum absolute atomic E-state index is 0.0677.